The molecule has 2 N–H and O–H groups in total. The van der Waals surface area contributed by atoms with E-state index in [2.05, 4.69) is 35.6 Å². The van der Waals surface area contributed by atoms with Gasteiger partial charge in [0.25, 0.3) is 5.91 Å². The van der Waals surface area contributed by atoms with E-state index in [4.69, 9.17) is 4.74 Å². The van der Waals surface area contributed by atoms with Crippen molar-refractivity contribution >= 4 is 18.3 Å². The number of carbonyl (C=O) groups excluding carboxylic acids is 1. The van der Waals surface area contributed by atoms with E-state index in [0.717, 1.165) is 31.7 Å². The Balaban J connectivity index is 0.00000261. The minimum atomic E-state index is -0.159. The number of carbonyl (C=O) groups is 1. The van der Waals surface area contributed by atoms with Crippen LogP contribution in [0.25, 0.3) is 0 Å². The predicted molar refractivity (Wildman–Crippen MR) is 109 cm³/mol. The van der Waals surface area contributed by atoms with Crippen molar-refractivity contribution in [3.63, 3.8) is 0 Å². The van der Waals surface area contributed by atoms with Crippen LogP contribution in [-0.4, -0.2) is 41.9 Å². The van der Waals surface area contributed by atoms with Crippen molar-refractivity contribution in [3.05, 3.63) is 47.8 Å². The molecule has 0 aliphatic carbocycles. The van der Waals surface area contributed by atoms with Crippen molar-refractivity contribution in [2.75, 3.05) is 26.2 Å². The highest BCUT2D eigenvalue weighted by molar-refractivity contribution is 5.92. The first-order valence-corrected chi connectivity index (χ1v) is 9.41. The molecule has 148 valence electrons. The molecule has 2 heterocycles. The van der Waals surface area contributed by atoms with Crippen molar-refractivity contribution in [1.29, 1.82) is 0 Å². The Kier molecular flexibility index (Phi) is 8.13. The van der Waals surface area contributed by atoms with E-state index in [1.165, 1.54) is 5.56 Å². The first kappa shape index (κ1) is 21.3. The molecule has 1 amide bonds. The van der Waals surface area contributed by atoms with Gasteiger partial charge in [0.1, 0.15) is 18.1 Å². The standard InChI is InChI=1S/C20H28N4O2.ClH/c1-15(2)17-7-3-4-8-19(17)26-13-11-22-20(25)18-9-12-24(23-18)16-6-5-10-21-14-16;/h3-4,7-9,12,15-16,21H,5-6,10-11,13-14H2,1-2H3,(H,22,25);1H. The van der Waals surface area contributed by atoms with Gasteiger partial charge in [-0.05, 0) is 43.0 Å². The second-order valence-corrected chi connectivity index (χ2v) is 6.98. The van der Waals surface area contributed by atoms with Gasteiger partial charge in [-0.15, -0.1) is 12.4 Å². The van der Waals surface area contributed by atoms with Crippen molar-refractivity contribution in [1.82, 2.24) is 20.4 Å². The van der Waals surface area contributed by atoms with Gasteiger partial charge < -0.3 is 15.4 Å². The Morgan fingerprint density at radius 3 is 2.93 bits per heavy atom. The van der Waals surface area contributed by atoms with Gasteiger partial charge in [0.2, 0.25) is 0 Å². The van der Waals surface area contributed by atoms with Crippen molar-refractivity contribution in [2.24, 2.45) is 0 Å². The van der Waals surface area contributed by atoms with Crippen LogP contribution in [-0.2, 0) is 0 Å². The molecule has 1 aromatic carbocycles. The van der Waals surface area contributed by atoms with E-state index in [1.807, 2.05) is 29.1 Å². The normalized spacial score (nSPS) is 16.6. The van der Waals surface area contributed by atoms with Crippen LogP contribution < -0.4 is 15.4 Å². The topological polar surface area (TPSA) is 68.2 Å². The van der Waals surface area contributed by atoms with Crippen molar-refractivity contribution < 1.29 is 9.53 Å². The number of benzene rings is 1. The van der Waals surface area contributed by atoms with Gasteiger partial charge in [0, 0.05) is 12.7 Å². The van der Waals surface area contributed by atoms with Crippen molar-refractivity contribution in [3.8, 4) is 5.75 Å². The highest BCUT2D eigenvalue weighted by Gasteiger charge is 2.17. The van der Waals surface area contributed by atoms with Crippen LogP contribution in [0.2, 0.25) is 0 Å². The number of rotatable bonds is 7. The summed E-state index contributed by atoms with van der Waals surface area (Å²) >= 11 is 0. The van der Waals surface area contributed by atoms with E-state index < -0.39 is 0 Å². The average molecular weight is 393 g/mol. The van der Waals surface area contributed by atoms with Gasteiger partial charge in [-0.25, -0.2) is 0 Å². The van der Waals surface area contributed by atoms with Crippen LogP contribution in [0.4, 0.5) is 0 Å². The number of aromatic nitrogens is 2. The molecule has 1 fully saturated rings. The van der Waals surface area contributed by atoms with E-state index >= 15 is 0 Å². The summed E-state index contributed by atoms with van der Waals surface area (Å²) in [5, 5.41) is 10.7. The van der Waals surface area contributed by atoms with Gasteiger partial charge in [0.15, 0.2) is 0 Å². The van der Waals surface area contributed by atoms with E-state index in [9.17, 15) is 4.79 Å². The third-order valence-electron chi connectivity index (χ3n) is 4.67. The monoisotopic (exact) mass is 392 g/mol. The maximum atomic E-state index is 12.3. The Morgan fingerprint density at radius 2 is 2.19 bits per heavy atom. The smallest absolute Gasteiger partial charge is 0.271 e. The third-order valence-corrected chi connectivity index (χ3v) is 4.67. The zero-order valence-corrected chi connectivity index (χ0v) is 16.8. The average Bonchev–Trinajstić information content (AvgIpc) is 3.16. The zero-order chi connectivity index (χ0) is 18.4. The van der Waals surface area contributed by atoms with Crippen LogP contribution in [0.15, 0.2) is 36.5 Å². The molecule has 1 atom stereocenters. The minimum absolute atomic E-state index is 0. The molecule has 1 saturated heterocycles. The van der Waals surface area contributed by atoms with E-state index in [-0.39, 0.29) is 18.3 Å². The molecule has 7 heteroatoms. The molecule has 27 heavy (non-hydrogen) atoms. The Morgan fingerprint density at radius 1 is 1.37 bits per heavy atom. The van der Waals surface area contributed by atoms with Crippen LogP contribution >= 0.6 is 12.4 Å². The molecule has 1 unspecified atom stereocenters. The van der Waals surface area contributed by atoms with Crippen LogP contribution in [0.3, 0.4) is 0 Å². The minimum Gasteiger partial charge on any atom is -0.491 e. The number of piperidine rings is 1. The quantitative estimate of drug-likeness (QED) is 0.710. The Bertz CT molecular complexity index is 726. The van der Waals surface area contributed by atoms with Crippen LogP contribution in [0.1, 0.15) is 54.7 Å². The lowest BCUT2D eigenvalue weighted by Gasteiger charge is -2.22. The first-order valence-electron chi connectivity index (χ1n) is 9.41. The third kappa shape index (κ3) is 5.71. The molecule has 2 aromatic rings. The number of halogens is 1. The maximum absolute atomic E-state index is 12.3. The number of amides is 1. The first-order chi connectivity index (χ1) is 12.6. The second kappa shape index (κ2) is 10.3. The second-order valence-electron chi connectivity index (χ2n) is 6.98. The molecular weight excluding hydrogens is 364 g/mol. The molecule has 0 bridgehead atoms. The number of nitrogens with one attached hydrogen (secondary N) is 2. The summed E-state index contributed by atoms with van der Waals surface area (Å²) in [5.74, 6) is 1.12. The SMILES string of the molecule is CC(C)c1ccccc1OCCNC(=O)c1ccn(C2CCCNC2)n1.Cl. The van der Waals surface area contributed by atoms with Gasteiger partial charge in [-0.1, -0.05) is 32.0 Å². The fourth-order valence-electron chi connectivity index (χ4n) is 3.23. The summed E-state index contributed by atoms with van der Waals surface area (Å²) in [5.41, 5.74) is 1.64. The van der Waals surface area contributed by atoms with Crippen molar-refractivity contribution in [2.45, 2.75) is 38.6 Å². The number of ether oxygens (including phenoxy) is 1. The molecule has 0 saturated carbocycles. The summed E-state index contributed by atoms with van der Waals surface area (Å²) in [4.78, 5) is 12.3. The summed E-state index contributed by atoms with van der Waals surface area (Å²) < 4.78 is 7.74. The highest BCUT2D eigenvalue weighted by atomic mass is 35.5. The lowest BCUT2D eigenvalue weighted by molar-refractivity contribution is 0.0940. The molecule has 1 aliphatic rings. The van der Waals surface area contributed by atoms with E-state index in [1.54, 1.807) is 6.07 Å². The lowest BCUT2D eigenvalue weighted by Crippen LogP contribution is -2.32. The fourth-order valence-corrected chi connectivity index (χ4v) is 3.23. The summed E-state index contributed by atoms with van der Waals surface area (Å²) in [6.07, 6.45) is 4.13. The Hall–Kier alpha value is -2.05. The summed E-state index contributed by atoms with van der Waals surface area (Å²) in [6.45, 7) is 7.13. The molecule has 3 rings (SSSR count). The number of hydrogen-bond acceptors (Lipinski definition) is 4. The van der Waals surface area contributed by atoms with Gasteiger partial charge in [-0.3, -0.25) is 9.48 Å². The zero-order valence-electron chi connectivity index (χ0n) is 16.0. The van der Waals surface area contributed by atoms with Gasteiger partial charge in [-0.2, -0.15) is 5.10 Å². The summed E-state index contributed by atoms with van der Waals surface area (Å²) in [7, 11) is 0. The molecule has 6 nitrogen and oxygen atoms in total. The number of nitrogens with zero attached hydrogens (tertiary/aromatic N) is 2. The number of hydrogen-bond donors (Lipinski definition) is 2. The fraction of sp³-hybridized carbons (Fsp3) is 0.500. The maximum Gasteiger partial charge on any atom is 0.271 e. The molecular formula is C20H29ClN4O2. The van der Waals surface area contributed by atoms with Crippen LogP contribution in [0, 0.1) is 0 Å². The van der Waals surface area contributed by atoms with Gasteiger partial charge >= 0.3 is 0 Å². The predicted octanol–water partition coefficient (Wildman–Crippen LogP) is 3.16. The lowest BCUT2D eigenvalue weighted by atomic mass is 10.0. The molecule has 0 radical (unpaired) electrons. The van der Waals surface area contributed by atoms with E-state index in [0.29, 0.717) is 30.8 Å². The summed E-state index contributed by atoms with van der Waals surface area (Å²) in [6, 6.07) is 10.1. The molecule has 1 aromatic heterocycles. The number of para-hydroxylation sites is 1. The highest BCUT2D eigenvalue weighted by Crippen LogP contribution is 2.25. The van der Waals surface area contributed by atoms with Crippen LogP contribution in [0.5, 0.6) is 5.75 Å². The largest absolute Gasteiger partial charge is 0.491 e. The van der Waals surface area contributed by atoms with Gasteiger partial charge in [0.05, 0.1) is 12.6 Å². The molecule has 1 aliphatic heterocycles. The molecule has 0 spiro atoms. The Labute approximate surface area is 167 Å².